The predicted octanol–water partition coefficient (Wildman–Crippen LogP) is 2.84. The number of fused-ring (bicyclic) bond motifs is 1. The quantitative estimate of drug-likeness (QED) is 0.135. The second-order valence-corrected chi connectivity index (χ2v) is 11.1. The number of nitrogens with one attached hydrogen (secondary N) is 1. The molecule has 16 nitrogen and oxygen atoms in total. The van der Waals surface area contributed by atoms with Crippen LogP contribution in [0.1, 0.15) is 16.1 Å². The largest absolute Gasteiger partial charge is 0.477 e. The van der Waals surface area contributed by atoms with E-state index in [9.17, 15) is 34.4 Å². The molecule has 0 spiro atoms. The third-order valence-electron chi connectivity index (χ3n) is 7.86. The highest BCUT2D eigenvalue weighted by Gasteiger charge is 2.40. The van der Waals surface area contributed by atoms with Crippen molar-refractivity contribution in [2.75, 3.05) is 23.3 Å². The monoisotopic (exact) mass is 657 g/mol. The lowest BCUT2D eigenvalue weighted by Crippen LogP contribution is -2.60. The molecule has 0 saturated carbocycles. The van der Waals surface area contributed by atoms with Gasteiger partial charge in [0.2, 0.25) is 5.91 Å². The molecule has 1 saturated heterocycles. The summed E-state index contributed by atoms with van der Waals surface area (Å²) >= 11 is 6.24. The topological polar surface area (TPSA) is 199 Å². The van der Waals surface area contributed by atoms with Gasteiger partial charge in [0.25, 0.3) is 5.69 Å². The molecule has 1 aliphatic rings. The zero-order chi connectivity index (χ0) is 33.4. The number of non-ortho nitro benzene ring substituents is 1. The van der Waals surface area contributed by atoms with Crippen molar-refractivity contribution in [3.8, 4) is 5.69 Å². The molecular formula is C30H24ClN9O7. The molecule has 1 atom stereocenters. The van der Waals surface area contributed by atoms with E-state index >= 15 is 0 Å². The number of carbonyl (C=O) groups excluding carboxylic acids is 3. The highest BCUT2D eigenvalue weighted by Crippen LogP contribution is 2.30. The molecular weight excluding hydrogens is 634 g/mol. The van der Waals surface area contributed by atoms with E-state index in [4.69, 9.17) is 11.6 Å². The number of benzene rings is 3. The lowest BCUT2D eigenvalue weighted by Gasteiger charge is -2.38. The number of halogens is 1. The fraction of sp³-hybridized carbons (Fsp3) is 0.167. The summed E-state index contributed by atoms with van der Waals surface area (Å²) in [5.74, 6) is -3.60. The summed E-state index contributed by atoms with van der Waals surface area (Å²) in [7, 11) is 1.61. The predicted molar refractivity (Wildman–Crippen MR) is 167 cm³/mol. The third-order valence-corrected chi connectivity index (χ3v) is 8.10. The van der Waals surface area contributed by atoms with Crippen LogP contribution in [0.3, 0.4) is 0 Å². The van der Waals surface area contributed by atoms with Gasteiger partial charge in [0, 0.05) is 60.3 Å². The van der Waals surface area contributed by atoms with E-state index < -0.39 is 34.7 Å². The Morgan fingerprint density at radius 1 is 1.02 bits per heavy atom. The van der Waals surface area contributed by atoms with Crippen molar-refractivity contribution in [3.63, 3.8) is 0 Å². The van der Waals surface area contributed by atoms with Crippen LogP contribution in [-0.2, 0) is 27.9 Å². The van der Waals surface area contributed by atoms with Crippen molar-refractivity contribution in [3.05, 3.63) is 99.5 Å². The van der Waals surface area contributed by atoms with E-state index in [-0.39, 0.29) is 36.6 Å². The van der Waals surface area contributed by atoms with Crippen molar-refractivity contribution < 1.29 is 29.2 Å². The highest BCUT2D eigenvalue weighted by molar-refractivity contribution is 6.41. The van der Waals surface area contributed by atoms with Gasteiger partial charge in [-0.25, -0.2) is 4.79 Å². The number of aromatic carboxylic acids is 1. The maximum absolute atomic E-state index is 13.9. The second-order valence-electron chi connectivity index (χ2n) is 10.6. The van der Waals surface area contributed by atoms with Gasteiger partial charge in [0.1, 0.15) is 18.1 Å². The zero-order valence-electron chi connectivity index (χ0n) is 24.5. The fourth-order valence-electron chi connectivity index (χ4n) is 5.53. The summed E-state index contributed by atoms with van der Waals surface area (Å²) in [6.45, 7) is -0.0467. The number of piperazine rings is 1. The van der Waals surface area contributed by atoms with Gasteiger partial charge in [-0.15, -0.1) is 5.10 Å². The van der Waals surface area contributed by atoms with Gasteiger partial charge < -0.3 is 24.8 Å². The first kappa shape index (κ1) is 30.8. The standard InChI is InChI=1S/C30H24ClN9O7/c1-36-22-9-5-20(13-18(22)14-26(36)30(44)45)33-27(41)25(12-17-2-6-21(7-3-17)40(46)47)38-11-10-37(28(42)29(38)43)24-15-19(31)4-8-23(24)39-16-32-34-35-39/h2-9,13-16,25H,10-12H2,1H3,(H,33,41)(H,44,45). The van der Waals surface area contributed by atoms with Gasteiger partial charge in [-0.3, -0.25) is 24.5 Å². The Bertz CT molecular complexity index is 2060. The van der Waals surface area contributed by atoms with Gasteiger partial charge in [0.05, 0.1) is 16.3 Å². The molecule has 3 amide bonds. The molecule has 0 radical (unpaired) electrons. The van der Waals surface area contributed by atoms with E-state index in [1.807, 2.05) is 0 Å². The number of carboxylic acids is 1. The molecule has 5 aromatic rings. The molecule has 238 valence electrons. The number of aromatic nitrogens is 5. The number of carbonyl (C=O) groups is 4. The average Bonchev–Trinajstić information content (AvgIpc) is 3.70. The number of aryl methyl sites for hydroxylation is 1. The zero-order valence-corrected chi connectivity index (χ0v) is 25.2. The minimum absolute atomic E-state index is 0.00196. The number of hydrogen-bond acceptors (Lipinski definition) is 9. The second kappa shape index (κ2) is 12.3. The van der Waals surface area contributed by atoms with Crippen molar-refractivity contribution >= 4 is 63.3 Å². The summed E-state index contributed by atoms with van der Waals surface area (Å²) in [5.41, 5.74) is 2.07. The van der Waals surface area contributed by atoms with Gasteiger partial charge in [-0.1, -0.05) is 23.7 Å². The minimum atomic E-state index is -1.20. The van der Waals surface area contributed by atoms with Crippen LogP contribution in [0.2, 0.25) is 5.02 Å². The Labute approximate surface area is 269 Å². The molecule has 1 fully saturated rings. The molecule has 3 aromatic carbocycles. The van der Waals surface area contributed by atoms with E-state index in [0.29, 0.717) is 32.9 Å². The summed E-state index contributed by atoms with van der Waals surface area (Å²) in [4.78, 5) is 65.9. The Kier molecular flexibility index (Phi) is 8.09. The average molecular weight is 658 g/mol. The Hall–Kier alpha value is -6.16. The summed E-state index contributed by atoms with van der Waals surface area (Å²) < 4.78 is 2.83. The van der Waals surface area contributed by atoms with E-state index in [1.165, 1.54) is 61.8 Å². The highest BCUT2D eigenvalue weighted by atomic mass is 35.5. The minimum Gasteiger partial charge on any atom is -0.477 e. The number of amides is 3. The molecule has 1 aliphatic heterocycles. The van der Waals surface area contributed by atoms with Gasteiger partial charge >= 0.3 is 17.8 Å². The van der Waals surface area contributed by atoms with E-state index in [1.54, 1.807) is 37.4 Å². The number of rotatable bonds is 9. The number of carboxylic acid groups (broad SMARTS) is 1. The van der Waals surface area contributed by atoms with Gasteiger partial charge in [-0.05, 0) is 58.5 Å². The smallest absolute Gasteiger partial charge is 0.352 e. The van der Waals surface area contributed by atoms with Crippen LogP contribution in [0.25, 0.3) is 16.6 Å². The molecule has 0 aliphatic carbocycles. The molecule has 0 bridgehead atoms. The van der Waals surface area contributed by atoms with Crippen LogP contribution in [-0.4, -0.2) is 82.5 Å². The number of nitro groups is 1. The van der Waals surface area contributed by atoms with Crippen LogP contribution < -0.4 is 10.2 Å². The maximum atomic E-state index is 13.9. The van der Waals surface area contributed by atoms with Crippen LogP contribution in [0.4, 0.5) is 17.1 Å². The van der Waals surface area contributed by atoms with Crippen LogP contribution in [0.15, 0.2) is 73.1 Å². The first-order chi connectivity index (χ1) is 22.5. The maximum Gasteiger partial charge on any atom is 0.352 e. The van der Waals surface area contributed by atoms with Crippen LogP contribution in [0, 0.1) is 10.1 Å². The molecule has 1 unspecified atom stereocenters. The van der Waals surface area contributed by atoms with Gasteiger partial charge in [-0.2, -0.15) is 4.68 Å². The van der Waals surface area contributed by atoms with Crippen molar-refractivity contribution in [2.24, 2.45) is 7.05 Å². The molecule has 3 heterocycles. The van der Waals surface area contributed by atoms with Crippen LogP contribution in [0.5, 0.6) is 0 Å². The fourth-order valence-corrected chi connectivity index (χ4v) is 5.70. The molecule has 6 rings (SSSR count). The Morgan fingerprint density at radius 3 is 2.47 bits per heavy atom. The lowest BCUT2D eigenvalue weighted by molar-refractivity contribution is -0.384. The lowest BCUT2D eigenvalue weighted by atomic mass is 10.0. The number of tetrazole rings is 1. The summed E-state index contributed by atoms with van der Waals surface area (Å²) in [5, 5.41) is 35.5. The van der Waals surface area contributed by atoms with Gasteiger partial charge in [0.15, 0.2) is 0 Å². The first-order valence-electron chi connectivity index (χ1n) is 14.0. The van der Waals surface area contributed by atoms with Crippen molar-refractivity contribution in [1.29, 1.82) is 0 Å². The molecule has 47 heavy (non-hydrogen) atoms. The van der Waals surface area contributed by atoms with Crippen molar-refractivity contribution in [2.45, 2.75) is 12.5 Å². The number of nitrogens with zero attached hydrogens (tertiary/aromatic N) is 8. The normalized spacial score (nSPS) is 14.0. The Morgan fingerprint density at radius 2 is 1.79 bits per heavy atom. The first-order valence-corrected chi connectivity index (χ1v) is 14.4. The third kappa shape index (κ3) is 5.96. The van der Waals surface area contributed by atoms with Crippen molar-refractivity contribution in [1.82, 2.24) is 29.7 Å². The molecule has 2 N–H and O–H groups in total. The summed E-state index contributed by atoms with van der Waals surface area (Å²) in [6.07, 6.45) is 1.27. The Balaban J connectivity index is 1.31. The molecule has 2 aromatic heterocycles. The number of nitro benzene ring substituents is 1. The number of anilines is 2. The molecule has 17 heteroatoms. The summed E-state index contributed by atoms with van der Waals surface area (Å²) in [6, 6.07) is 15.4. The number of hydrogen-bond donors (Lipinski definition) is 2. The van der Waals surface area contributed by atoms with E-state index in [0.717, 1.165) is 0 Å². The SMILES string of the molecule is Cn1c(C(=O)O)cc2cc(NC(=O)C(Cc3ccc([N+](=O)[O-])cc3)N3CCN(c4cc(Cl)ccc4-n4cnnn4)C(=O)C3=O)ccc21. The van der Waals surface area contributed by atoms with Crippen LogP contribution >= 0.6 is 11.6 Å². The van der Waals surface area contributed by atoms with E-state index in [2.05, 4.69) is 20.8 Å².